The van der Waals surface area contributed by atoms with Crippen LogP contribution in [-0.2, 0) is 71.9 Å². The molecule has 0 aromatic rings. The first-order valence-electron chi connectivity index (χ1n) is 38.4. The highest BCUT2D eigenvalue weighted by molar-refractivity contribution is 6.00. The maximum Gasteiger partial charge on any atom is 0.303 e. The molecule has 0 saturated heterocycles. The number of hydrogen-bond donors (Lipinski definition) is 28. The largest absolute Gasteiger partial charge is 0.481 e. The zero-order valence-electron chi connectivity index (χ0n) is 67.5. The van der Waals surface area contributed by atoms with E-state index < -0.39 is 200 Å². The number of amides is 12. The van der Waals surface area contributed by atoms with Crippen LogP contribution in [0, 0.1) is 11.8 Å². The van der Waals surface area contributed by atoms with Gasteiger partial charge in [-0.25, -0.2) is 0 Å². The number of nitrogens with two attached hydrogens (primary N) is 8. The van der Waals surface area contributed by atoms with E-state index in [1.54, 1.807) is 13.8 Å². The van der Waals surface area contributed by atoms with Crippen molar-refractivity contribution in [2.24, 2.45) is 57.7 Å². The minimum Gasteiger partial charge on any atom is -0.481 e. The Bertz CT molecular complexity index is 3340. The van der Waals surface area contributed by atoms with Gasteiger partial charge >= 0.3 is 11.9 Å². The number of carbonyl (C=O) groups excluding carboxylic acids is 13. The molecular weight excluding hydrogens is 1510 g/mol. The van der Waals surface area contributed by atoms with Crippen LogP contribution >= 0.6 is 0 Å². The molecule has 0 rings (SSSR count). The number of Topliss-reactive ketones (excluding diaryl/α,β-unsaturated/α-hetero) is 1. The predicted octanol–water partition coefficient (Wildman–Crippen LogP) is -6.89. The smallest absolute Gasteiger partial charge is 0.303 e. The third kappa shape index (κ3) is 48.3. The summed E-state index contributed by atoms with van der Waals surface area (Å²) in [6.07, 6.45) is -3.20. The molecule has 0 aromatic carbocycles. The first-order valence-corrected chi connectivity index (χ1v) is 38.4. The molecule has 0 saturated carbocycles. The molecule has 43 heteroatoms. The summed E-state index contributed by atoms with van der Waals surface area (Å²) in [5, 5.41) is 74.6. The van der Waals surface area contributed by atoms with E-state index >= 15 is 0 Å². The molecule has 0 aliphatic heterocycles. The Kier molecular flexibility index (Phi) is 51.5. The monoisotopic (exact) mass is 1650 g/mol. The van der Waals surface area contributed by atoms with Crippen LogP contribution in [0.5, 0.6) is 0 Å². The zero-order chi connectivity index (χ0) is 88.3. The van der Waals surface area contributed by atoms with E-state index in [2.05, 4.69) is 130 Å². The van der Waals surface area contributed by atoms with Gasteiger partial charge in [-0.15, -0.1) is 0 Å². The fourth-order valence-electron chi connectivity index (χ4n) is 11.2. The van der Waals surface area contributed by atoms with Crippen molar-refractivity contribution in [3.63, 3.8) is 0 Å². The second-order valence-electron chi connectivity index (χ2n) is 28.8. The highest BCUT2D eigenvalue weighted by Crippen LogP contribution is 2.14. The van der Waals surface area contributed by atoms with Gasteiger partial charge in [0.1, 0.15) is 60.4 Å². The molecular formula is C73H131N25O18. The SMILES string of the molecule is C=C(N)NCCCC(NC(=O)C(N)CC(C)C)C(=O)NC(CCCNC(=C)N)C(=O)NC(CCC(=O)O)C(=O)NC(CCCNC(=C)N)C(=O)NC(CCC(N)=O)C(=O)NC(CO)C(=O)NC(CCCNC(=C)N)C(=O)NC(CC(C)C)C(=O)NC(CCCNC(=C)N)C(=O)NC(CCCNC(=C)N)C(=O)NC(CCC(=O)O)C(C)=O. The van der Waals surface area contributed by atoms with E-state index in [1.807, 2.05) is 13.8 Å². The third-order valence-corrected chi connectivity index (χ3v) is 17.2. The van der Waals surface area contributed by atoms with E-state index in [0.717, 1.165) is 6.92 Å². The average molecular weight is 1650 g/mol. The van der Waals surface area contributed by atoms with Crippen LogP contribution in [0.15, 0.2) is 74.4 Å². The van der Waals surface area contributed by atoms with Crippen molar-refractivity contribution in [1.82, 2.24) is 90.4 Å². The number of aliphatic carboxylic acids is 2. The van der Waals surface area contributed by atoms with E-state index in [1.165, 1.54) is 0 Å². The number of hydrogen-bond acceptors (Lipinski definition) is 29. The molecule has 0 aliphatic rings. The topological polar surface area (TPSA) is 729 Å². The average Bonchev–Trinajstić information content (AvgIpc) is 0.859. The highest BCUT2D eigenvalue weighted by atomic mass is 16.4. The maximum absolute atomic E-state index is 14.7. The molecule has 0 heterocycles. The second kappa shape index (κ2) is 57.3. The summed E-state index contributed by atoms with van der Waals surface area (Å²) in [5.41, 5.74) is 45.9. The number of carbonyl (C=O) groups is 15. The number of carboxylic acids is 2. The minimum absolute atomic E-state index is 0.00148. The summed E-state index contributed by atoms with van der Waals surface area (Å²) < 4.78 is 0. The number of rotatable bonds is 67. The molecule has 0 aliphatic carbocycles. The van der Waals surface area contributed by atoms with E-state index in [-0.39, 0.29) is 182 Å². The quantitative estimate of drug-likeness (QED) is 0.0252. The van der Waals surface area contributed by atoms with Gasteiger partial charge in [0.25, 0.3) is 0 Å². The van der Waals surface area contributed by atoms with Crippen molar-refractivity contribution in [3.05, 3.63) is 74.4 Å². The second-order valence-corrected chi connectivity index (χ2v) is 28.8. The van der Waals surface area contributed by atoms with Gasteiger partial charge in [-0.1, -0.05) is 67.2 Å². The number of primary amides is 1. The molecule has 0 aromatic heterocycles. The van der Waals surface area contributed by atoms with Crippen molar-refractivity contribution in [2.45, 2.75) is 236 Å². The van der Waals surface area contributed by atoms with Gasteiger partial charge in [-0.05, 0) is 128 Å². The molecule has 0 spiro atoms. The van der Waals surface area contributed by atoms with Gasteiger partial charge in [-0.2, -0.15) is 0 Å². The molecule has 116 heavy (non-hydrogen) atoms. The number of ketones is 1. The maximum atomic E-state index is 14.7. The summed E-state index contributed by atoms with van der Waals surface area (Å²) in [4.78, 5) is 206. The third-order valence-electron chi connectivity index (χ3n) is 17.2. The van der Waals surface area contributed by atoms with Gasteiger partial charge < -0.3 is 152 Å². The van der Waals surface area contributed by atoms with Crippen molar-refractivity contribution in [2.75, 3.05) is 45.9 Å². The van der Waals surface area contributed by atoms with Crippen molar-refractivity contribution >= 4 is 88.6 Å². The molecule has 12 atom stereocenters. The Morgan fingerprint density at radius 2 is 0.483 bits per heavy atom. The van der Waals surface area contributed by atoms with E-state index in [4.69, 9.17) is 45.9 Å². The van der Waals surface area contributed by atoms with Crippen molar-refractivity contribution in [1.29, 1.82) is 0 Å². The molecule has 12 unspecified atom stereocenters. The highest BCUT2D eigenvalue weighted by Gasteiger charge is 2.38. The Balaban J connectivity index is 7.60. The van der Waals surface area contributed by atoms with Crippen molar-refractivity contribution in [3.8, 4) is 0 Å². The molecule has 0 radical (unpaired) electrons. The van der Waals surface area contributed by atoms with Crippen LogP contribution in [0.4, 0.5) is 0 Å². The number of aliphatic hydroxyl groups excluding tert-OH is 1. The molecule has 36 N–H and O–H groups in total. The van der Waals surface area contributed by atoms with Crippen LogP contribution in [0.2, 0.25) is 0 Å². The zero-order valence-corrected chi connectivity index (χ0v) is 67.5. The molecule has 656 valence electrons. The van der Waals surface area contributed by atoms with Crippen LogP contribution in [0.3, 0.4) is 0 Å². The number of carboxylic acid groups (broad SMARTS) is 2. The fourth-order valence-corrected chi connectivity index (χ4v) is 11.2. The Morgan fingerprint density at radius 3 is 0.707 bits per heavy atom. The first-order chi connectivity index (χ1) is 54.4. The Hall–Kier alpha value is -11.8. The van der Waals surface area contributed by atoms with Crippen molar-refractivity contribution < 1.29 is 87.2 Å². The normalized spacial score (nSPS) is 14.0. The standard InChI is InChI=1S/C73H131N25O18/c1-39(2)36-48(80)63(106)89-50(18-12-30-82-42(6)74)65(108)91-52(20-14-32-84-44(8)76)68(111)96-57(26-29-62(104)105)70(113)92-53(21-15-33-85-45(9)77)67(110)95-56(24-27-60(81)101)71(114)98-59(38-99)73(116)94-55(23-17-35-87-47(11)79)69(112)97-58(37-40(3)4)72(115)93-54(22-16-34-86-46(10)78)66(109)90-51(19-13-31-83-43(7)75)64(107)88-49(41(5)100)25-28-61(102)103/h39-40,48-59,82-87,99H,6-38,74-80H2,1-5H3,(H2,81,101)(H,88,107)(H,89,106)(H,90,109)(H,91,108)(H,92,113)(H,93,115)(H,94,116)(H,95,110)(H,96,111)(H,97,112)(H,98,114)(H,102,103)(H,104,105). The van der Waals surface area contributed by atoms with Gasteiger partial charge in [0.2, 0.25) is 70.9 Å². The molecule has 0 fully saturated rings. The lowest BCUT2D eigenvalue weighted by molar-refractivity contribution is -0.139. The predicted molar refractivity (Wildman–Crippen MR) is 431 cm³/mol. The minimum atomic E-state index is -1.96. The Morgan fingerprint density at radius 1 is 0.284 bits per heavy atom. The summed E-state index contributed by atoms with van der Waals surface area (Å²) in [7, 11) is 0. The lowest BCUT2D eigenvalue weighted by Crippen LogP contribution is -2.61. The molecule has 12 amide bonds. The summed E-state index contributed by atoms with van der Waals surface area (Å²) in [6, 6.07) is -18.2. The summed E-state index contributed by atoms with van der Waals surface area (Å²) in [5.74, 6) is -15.0. The van der Waals surface area contributed by atoms with Gasteiger partial charge in [-0.3, -0.25) is 71.9 Å². The number of nitrogens with one attached hydrogen (secondary N) is 17. The van der Waals surface area contributed by atoms with Crippen LogP contribution in [0.1, 0.15) is 163 Å². The lowest BCUT2D eigenvalue weighted by atomic mass is 10.0. The van der Waals surface area contributed by atoms with E-state index in [9.17, 15) is 87.2 Å². The fraction of sp³-hybridized carbons (Fsp3) is 0.630. The Labute approximate surface area is 677 Å². The van der Waals surface area contributed by atoms with Gasteiger partial charge in [0.05, 0.1) is 53.6 Å². The summed E-state index contributed by atoms with van der Waals surface area (Å²) >= 11 is 0. The summed E-state index contributed by atoms with van der Waals surface area (Å²) in [6.45, 7) is 29.4. The molecule has 43 nitrogen and oxygen atoms in total. The van der Waals surface area contributed by atoms with Crippen LogP contribution in [0.25, 0.3) is 0 Å². The molecule has 0 bridgehead atoms. The van der Waals surface area contributed by atoms with Crippen LogP contribution < -0.4 is 136 Å². The van der Waals surface area contributed by atoms with Gasteiger partial charge in [0.15, 0.2) is 5.78 Å². The number of aliphatic hydroxyl groups is 1. The lowest BCUT2D eigenvalue weighted by Gasteiger charge is -2.29. The first kappa shape index (κ1) is 104. The van der Waals surface area contributed by atoms with Gasteiger partial charge in [0, 0.05) is 58.5 Å². The van der Waals surface area contributed by atoms with E-state index in [0.29, 0.717) is 0 Å². The van der Waals surface area contributed by atoms with Crippen LogP contribution in [-0.4, -0.2) is 222 Å².